The lowest BCUT2D eigenvalue weighted by atomic mass is 9.60. The summed E-state index contributed by atoms with van der Waals surface area (Å²) in [6.07, 6.45) is 0.613. The average molecular weight is 431 g/mol. The molecule has 0 bridgehead atoms. The third-order valence-corrected chi connectivity index (χ3v) is 6.47. The Morgan fingerprint density at radius 3 is 2.35 bits per heavy atom. The van der Waals surface area contributed by atoms with Gasteiger partial charge in [-0.25, -0.2) is 13.2 Å². The highest BCUT2D eigenvalue weighted by Gasteiger charge is 2.49. The molecule has 3 aromatic rings. The molecule has 1 saturated carbocycles. The van der Waals surface area contributed by atoms with Crippen LogP contribution in [0.5, 0.6) is 5.75 Å². The van der Waals surface area contributed by atoms with Crippen molar-refractivity contribution >= 4 is 16.9 Å². The Bertz CT molecular complexity index is 1220. The van der Waals surface area contributed by atoms with E-state index >= 15 is 4.39 Å². The third-order valence-electron chi connectivity index (χ3n) is 6.47. The van der Waals surface area contributed by atoms with Crippen LogP contribution in [0.25, 0.3) is 16.6 Å². The normalized spacial score (nSPS) is 21.0. The van der Waals surface area contributed by atoms with Crippen LogP contribution in [0.1, 0.15) is 62.3 Å². The molecule has 4 nitrogen and oxygen atoms in total. The van der Waals surface area contributed by atoms with Gasteiger partial charge in [-0.1, -0.05) is 13.8 Å². The maximum Gasteiger partial charge on any atom is 0.309 e. The van der Waals surface area contributed by atoms with Gasteiger partial charge in [-0.2, -0.15) is 0 Å². The maximum atomic E-state index is 15.2. The van der Waals surface area contributed by atoms with E-state index in [4.69, 9.17) is 0 Å². The van der Waals surface area contributed by atoms with Gasteiger partial charge in [0.1, 0.15) is 5.82 Å². The molecule has 1 aliphatic rings. The third kappa shape index (κ3) is 3.09. The van der Waals surface area contributed by atoms with Crippen molar-refractivity contribution < 1.29 is 28.2 Å². The summed E-state index contributed by atoms with van der Waals surface area (Å²) in [4.78, 5) is 11.6. The second-order valence-electron chi connectivity index (χ2n) is 9.11. The van der Waals surface area contributed by atoms with Crippen LogP contribution in [0.3, 0.4) is 0 Å². The molecule has 0 unspecified atom stereocenters. The van der Waals surface area contributed by atoms with E-state index in [1.807, 2.05) is 13.8 Å². The number of aromatic hydroxyl groups is 1. The summed E-state index contributed by atoms with van der Waals surface area (Å²) < 4.78 is 45.2. The van der Waals surface area contributed by atoms with E-state index in [-0.39, 0.29) is 22.7 Å². The molecule has 7 heteroatoms. The van der Waals surface area contributed by atoms with Crippen molar-refractivity contribution in [3.63, 3.8) is 0 Å². The molecular formula is C24H24F3NO3. The van der Waals surface area contributed by atoms with Crippen LogP contribution in [0, 0.1) is 29.8 Å². The van der Waals surface area contributed by atoms with Crippen molar-refractivity contribution in [3.05, 3.63) is 58.5 Å². The van der Waals surface area contributed by atoms with Crippen LogP contribution in [0.2, 0.25) is 0 Å². The zero-order valence-corrected chi connectivity index (χ0v) is 17.8. The fourth-order valence-electron chi connectivity index (χ4n) is 4.84. The number of carbonyl (C=O) groups is 1. The number of rotatable bonds is 4. The van der Waals surface area contributed by atoms with Crippen molar-refractivity contribution in [2.45, 2.75) is 52.4 Å². The first-order chi connectivity index (χ1) is 14.5. The average Bonchev–Trinajstić information content (AvgIpc) is 3.00. The first kappa shape index (κ1) is 21.3. The van der Waals surface area contributed by atoms with E-state index in [1.165, 1.54) is 6.07 Å². The number of benzene rings is 2. The van der Waals surface area contributed by atoms with E-state index < -0.39 is 34.6 Å². The summed E-state index contributed by atoms with van der Waals surface area (Å²) in [6, 6.07) is 5.53. The van der Waals surface area contributed by atoms with Gasteiger partial charge in [-0.05, 0) is 67.9 Å². The van der Waals surface area contributed by atoms with Crippen LogP contribution < -0.4 is 0 Å². The molecule has 0 spiro atoms. The van der Waals surface area contributed by atoms with Gasteiger partial charge >= 0.3 is 5.97 Å². The number of aromatic nitrogens is 1. The Morgan fingerprint density at radius 2 is 1.81 bits per heavy atom. The minimum atomic E-state index is -1.09. The summed E-state index contributed by atoms with van der Waals surface area (Å²) in [7, 11) is 0. The summed E-state index contributed by atoms with van der Waals surface area (Å²) in [5.41, 5.74) is 1.52. The van der Waals surface area contributed by atoms with Crippen molar-refractivity contribution in [3.8, 4) is 11.4 Å². The molecule has 164 valence electrons. The highest BCUT2D eigenvalue weighted by atomic mass is 19.1. The van der Waals surface area contributed by atoms with Crippen LogP contribution in [-0.2, 0) is 4.79 Å². The van der Waals surface area contributed by atoms with Crippen LogP contribution in [0.4, 0.5) is 13.2 Å². The Hall–Kier alpha value is -2.96. The molecule has 2 aromatic carbocycles. The number of phenols is 1. The minimum Gasteiger partial charge on any atom is -0.503 e. The number of carboxylic acid groups (broad SMARTS) is 1. The second kappa shape index (κ2) is 7.04. The van der Waals surface area contributed by atoms with Crippen LogP contribution >= 0.6 is 0 Å². The summed E-state index contributed by atoms with van der Waals surface area (Å²) in [5, 5.41) is 19.6. The standard InChI is InChI=1S/C24H24F3NO3/c1-11(2)21-18(13-9-24(4,10-13)23(30)31)19-17(8-16(26)22(29)20(19)27)28(21)14-5-6-15(25)12(3)7-14/h5-8,11,13,29H,9-10H2,1-4H3,(H,30,31)/t13-,24+. The fourth-order valence-corrected chi connectivity index (χ4v) is 4.84. The van der Waals surface area contributed by atoms with Gasteiger partial charge in [0.2, 0.25) is 0 Å². The van der Waals surface area contributed by atoms with E-state index in [2.05, 4.69) is 0 Å². The smallest absolute Gasteiger partial charge is 0.309 e. The molecule has 0 aliphatic heterocycles. The van der Waals surface area contributed by atoms with E-state index in [0.29, 0.717) is 35.3 Å². The Balaban J connectivity index is 2.07. The van der Waals surface area contributed by atoms with Crippen molar-refractivity contribution in [1.82, 2.24) is 4.57 Å². The largest absolute Gasteiger partial charge is 0.503 e. The number of hydrogen-bond donors (Lipinski definition) is 2. The molecule has 0 saturated heterocycles. The van der Waals surface area contributed by atoms with E-state index in [9.17, 15) is 23.8 Å². The molecule has 1 aromatic heterocycles. The summed E-state index contributed by atoms with van der Waals surface area (Å²) in [5.74, 6) is -4.91. The highest BCUT2D eigenvalue weighted by molar-refractivity contribution is 5.91. The Kier molecular flexibility index (Phi) is 4.83. The molecular weight excluding hydrogens is 407 g/mol. The number of phenolic OH excluding ortho intramolecular Hbond substituents is 1. The highest BCUT2D eigenvalue weighted by Crippen LogP contribution is 2.55. The predicted octanol–water partition coefficient (Wildman–Crippen LogP) is 6.15. The Labute approximate surface area is 177 Å². The molecule has 2 N–H and O–H groups in total. The monoisotopic (exact) mass is 431 g/mol. The number of halogens is 3. The quantitative estimate of drug-likeness (QED) is 0.521. The van der Waals surface area contributed by atoms with Gasteiger partial charge in [-0.3, -0.25) is 4.79 Å². The molecule has 1 fully saturated rings. The van der Waals surface area contributed by atoms with Crippen LogP contribution in [-0.4, -0.2) is 20.7 Å². The lowest BCUT2D eigenvalue weighted by molar-refractivity contribution is -0.154. The topological polar surface area (TPSA) is 62.5 Å². The van der Waals surface area contributed by atoms with Gasteiger partial charge < -0.3 is 14.8 Å². The SMILES string of the molecule is Cc1cc(-n2c(C(C)C)c([C@H]3C[C@@](C)(C(=O)O)C3)c3c(F)c(O)c(F)cc32)ccc1F. The number of aliphatic carboxylic acids is 1. The van der Waals surface area contributed by atoms with Crippen LogP contribution in [0.15, 0.2) is 24.3 Å². The summed E-state index contributed by atoms with van der Waals surface area (Å²) in [6.45, 7) is 7.08. The van der Waals surface area contributed by atoms with E-state index in [1.54, 1.807) is 30.5 Å². The molecule has 4 rings (SSSR count). The zero-order chi connectivity index (χ0) is 22.8. The predicted molar refractivity (Wildman–Crippen MR) is 111 cm³/mol. The molecule has 1 heterocycles. The Morgan fingerprint density at radius 1 is 1.16 bits per heavy atom. The number of hydrogen-bond acceptors (Lipinski definition) is 2. The molecule has 0 atom stereocenters. The first-order valence-corrected chi connectivity index (χ1v) is 10.2. The minimum absolute atomic E-state index is 0.0852. The van der Waals surface area contributed by atoms with E-state index in [0.717, 1.165) is 6.07 Å². The lowest BCUT2D eigenvalue weighted by Crippen LogP contribution is -2.40. The molecule has 0 amide bonds. The number of nitrogens with zero attached hydrogens (tertiary/aromatic N) is 1. The van der Waals surface area contributed by atoms with Crippen molar-refractivity contribution in [2.75, 3.05) is 0 Å². The van der Waals surface area contributed by atoms with Gasteiger partial charge in [0.05, 0.1) is 10.9 Å². The van der Waals surface area contributed by atoms with Gasteiger partial charge in [0.15, 0.2) is 17.4 Å². The number of carboxylic acids is 1. The number of fused-ring (bicyclic) bond motifs is 1. The first-order valence-electron chi connectivity index (χ1n) is 10.2. The second-order valence-corrected chi connectivity index (χ2v) is 9.11. The molecule has 31 heavy (non-hydrogen) atoms. The van der Waals surface area contributed by atoms with Gasteiger partial charge in [-0.15, -0.1) is 0 Å². The van der Waals surface area contributed by atoms with Crippen molar-refractivity contribution in [2.24, 2.45) is 5.41 Å². The van der Waals surface area contributed by atoms with Gasteiger partial charge in [0.25, 0.3) is 0 Å². The van der Waals surface area contributed by atoms with Gasteiger partial charge in [0, 0.05) is 22.8 Å². The fraction of sp³-hybridized carbons (Fsp3) is 0.375. The molecule has 1 aliphatic carbocycles. The summed E-state index contributed by atoms with van der Waals surface area (Å²) >= 11 is 0. The maximum absolute atomic E-state index is 15.2. The van der Waals surface area contributed by atoms with Crippen molar-refractivity contribution in [1.29, 1.82) is 0 Å². The lowest BCUT2D eigenvalue weighted by Gasteiger charge is -2.42. The molecule has 0 radical (unpaired) electrons. The zero-order valence-electron chi connectivity index (χ0n) is 17.8. The number of aryl methyl sites for hydroxylation is 1.